The fraction of sp³-hybridized carbons (Fsp3) is 0.0625. The third-order valence-electron chi connectivity index (χ3n) is 3.15. The van der Waals surface area contributed by atoms with Gasteiger partial charge in [0.2, 0.25) is 0 Å². The standard InChI is InChI=1S/C16H10ClFN2O/c1-9(21)11-4-7-13-14(8-11)20-16(17)15(19-13)10-2-5-12(18)6-3-10/h2-8H,1H3. The summed E-state index contributed by atoms with van der Waals surface area (Å²) in [5.74, 6) is -0.368. The molecule has 0 bridgehead atoms. The zero-order chi connectivity index (χ0) is 15.0. The van der Waals surface area contributed by atoms with Crippen molar-refractivity contribution in [2.45, 2.75) is 6.92 Å². The highest BCUT2D eigenvalue weighted by Crippen LogP contribution is 2.27. The van der Waals surface area contributed by atoms with Gasteiger partial charge in [0.05, 0.1) is 11.0 Å². The van der Waals surface area contributed by atoms with Gasteiger partial charge in [-0.2, -0.15) is 0 Å². The number of halogens is 2. The van der Waals surface area contributed by atoms with E-state index in [9.17, 15) is 9.18 Å². The molecule has 2 aromatic carbocycles. The van der Waals surface area contributed by atoms with Gasteiger partial charge < -0.3 is 0 Å². The maximum absolute atomic E-state index is 13.0. The van der Waals surface area contributed by atoms with Crippen molar-refractivity contribution in [3.63, 3.8) is 0 Å². The van der Waals surface area contributed by atoms with Crippen molar-refractivity contribution in [1.29, 1.82) is 0 Å². The van der Waals surface area contributed by atoms with Gasteiger partial charge in [-0.25, -0.2) is 14.4 Å². The first-order valence-corrected chi connectivity index (χ1v) is 6.66. The van der Waals surface area contributed by atoms with Crippen LogP contribution in [0.2, 0.25) is 5.15 Å². The lowest BCUT2D eigenvalue weighted by atomic mass is 10.1. The molecule has 0 spiro atoms. The fourth-order valence-corrected chi connectivity index (χ4v) is 2.29. The van der Waals surface area contributed by atoms with E-state index in [1.807, 2.05) is 0 Å². The molecule has 0 aliphatic heterocycles. The lowest BCUT2D eigenvalue weighted by Gasteiger charge is -2.06. The third kappa shape index (κ3) is 2.62. The molecule has 1 heterocycles. The summed E-state index contributed by atoms with van der Waals surface area (Å²) in [4.78, 5) is 20.1. The van der Waals surface area contributed by atoms with E-state index >= 15 is 0 Å². The molecule has 0 fully saturated rings. The van der Waals surface area contributed by atoms with E-state index < -0.39 is 0 Å². The van der Waals surface area contributed by atoms with E-state index in [0.717, 1.165) is 0 Å². The molecule has 0 atom stereocenters. The highest BCUT2D eigenvalue weighted by atomic mass is 35.5. The van der Waals surface area contributed by atoms with Crippen molar-refractivity contribution in [2.75, 3.05) is 0 Å². The average Bonchev–Trinajstić information content (AvgIpc) is 2.47. The molecule has 3 aromatic rings. The molecule has 0 saturated heterocycles. The molecule has 0 saturated carbocycles. The van der Waals surface area contributed by atoms with Crippen LogP contribution in [0.4, 0.5) is 4.39 Å². The molecule has 0 aliphatic rings. The molecule has 3 nitrogen and oxygen atoms in total. The van der Waals surface area contributed by atoms with Crippen molar-refractivity contribution in [3.8, 4) is 11.3 Å². The second-order valence-corrected chi connectivity index (χ2v) is 4.99. The van der Waals surface area contributed by atoms with E-state index in [0.29, 0.717) is 27.9 Å². The van der Waals surface area contributed by atoms with Crippen molar-refractivity contribution in [2.24, 2.45) is 0 Å². The molecule has 104 valence electrons. The number of hydrogen-bond donors (Lipinski definition) is 0. The smallest absolute Gasteiger partial charge is 0.159 e. The summed E-state index contributed by atoms with van der Waals surface area (Å²) < 4.78 is 13.0. The summed E-state index contributed by atoms with van der Waals surface area (Å²) >= 11 is 6.16. The van der Waals surface area contributed by atoms with Crippen LogP contribution in [0.1, 0.15) is 17.3 Å². The lowest BCUT2D eigenvalue weighted by molar-refractivity contribution is 0.101. The van der Waals surface area contributed by atoms with Crippen LogP contribution in [0.3, 0.4) is 0 Å². The van der Waals surface area contributed by atoms with Gasteiger partial charge in [-0.1, -0.05) is 11.6 Å². The number of carbonyl (C=O) groups is 1. The van der Waals surface area contributed by atoms with E-state index in [1.165, 1.54) is 19.1 Å². The van der Waals surface area contributed by atoms with Crippen molar-refractivity contribution in [3.05, 3.63) is 59.0 Å². The molecule has 3 rings (SSSR count). The van der Waals surface area contributed by atoms with E-state index in [1.54, 1.807) is 30.3 Å². The molecule has 5 heteroatoms. The molecular formula is C16H10ClFN2O. The second-order valence-electron chi connectivity index (χ2n) is 4.63. The minimum Gasteiger partial charge on any atom is -0.295 e. The normalized spacial score (nSPS) is 10.8. The van der Waals surface area contributed by atoms with Crippen LogP contribution in [-0.2, 0) is 0 Å². The number of aromatic nitrogens is 2. The van der Waals surface area contributed by atoms with Gasteiger partial charge >= 0.3 is 0 Å². The van der Waals surface area contributed by atoms with Gasteiger partial charge in [-0.05, 0) is 49.4 Å². The summed E-state index contributed by atoms with van der Waals surface area (Å²) in [6.07, 6.45) is 0. The Kier molecular flexibility index (Phi) is 3.39. The Bertz CT molecular complexity index is 847. The quantitative estimate of drug-likeness (QED) is 0.663. The van der Waals surface area contributed by atoms with Gasteiger partial charge in [0.1, 0.15) is 11.5 Å². The predicted molar refractivity (Wildman–Crippen MR) is 79.9 cm³/mol. The lowest BCUT2D eigenvalue weighted by Crippen LogP contribution is -1.95. The zero-order valence-corrected chi connectivity index (χ0v) is 11.9. The van der Waals surface area contributed by atoms with Gasteiger partial charge in [-0.3, -0.25) is 4.79 Å². The molecular weight excluding hydrogens is 291 g/mol. The number of carbonyl (C=O) groups excluding carboxylic acids is 1. The number of nitrogens with zero attached hydrogens (tertiary/aromatic N) is 2. The number of benzene rings is 2. The fourth-order valence-electron chi connectivity index (χ4n) is 2.04. The van der Waals surface area contributed by atoms with Crippen LogP contribution in [0.15, 0.2) is 42.5 Å². The Morgan fingerprint density at radius 1 is 1.05 bits per heavy atom. The average molecular weight is 301 g/mol. The molecule has 0 N–H and O–H groups in total. The minimum absolute atomic E-state index is 0.0440. The molecule has 1 aromatic heterocycles. The number of fused-ring (bicyclic) bond motifs is 1. The van der Waals surface area contributed by atoms with Crippen molar-refractivity contribution >= 4 is 28.4 Å². The first kappa shape index (κ1) is 13.6. The Morgan fingerprint density at radius 3 is 2.43 bits per heavy atom. The zero-order valence-electron chi connectivity index (χ0n) is 11.1. The third-order valence-corrected chi connectivity index (χ3v) is 3.41. The number of rotatable bonds is 2. The van der Waals surface area contributed by atoms with Gasteiger partial charge in [0.25, 0.3) is 0 Å². The van der Waals surface area contributed by atoms with Crippen LogP contribution in [0, 0.1) is 5.82 Å². The van der Waals surface area contributed by atoms with Crippen molar-refractivity contribution < 1.29 is 9.18 Å². The molecule has 0 radical (unpaired) electrons. The Hall–Kier alpha value is -2.33. The highest BCUT2D eigenvalue weighted by Gasteiger charge is 2.10. The number of hydrogen-bond acceptors (Lipinski definition) is 3. The summed E-state index contributed by atoms with van der Waals surface area (Å²) in [7, 11) is 0. The second kappa shape index (κ2) is 5.22. The SMILES string of the molecule is CC(=O)c1ccc2nc(-c3ccc(F)cc3)c(Cl)nc2c1. The molecule has 21 heavy (non-hydrogen) atoms. The van der Waals surface area contributed by atoms with E-state index in [4.69, 9.17) is 11.6 Å². The Labute approximate surface area is 125 Å². The molecule has 0 unspecified atom stereocenters. The molecule has 0 aliphatic carbocycles. The topological polar surface area (TPSA) is 42.9 Å². The number of ketones is 1. The van der Waals surface area contributed by atoms with Gasteiger partial charge in [0, 0.05) is 11.1 Å². The van der Waals surface area contributed by atoms with Gasteiger partial charge in [-0.15, -0.1) is 0 Å². The summed E-state index contributed by atoms with van der Waals surface area (Å²) in [5, 5.41) is 0.217. The van der Waals surface area contributed by atoms with Gasteiger partial charge in [0.15, 0.2) is 10.9 Å². The monoisotopic (exact) mass is 300 g/mol. The maximum atomic E-state index is 13.0. The van der Waals surface area contributed by atoms with Crippen LogP contribution in [-0.4, -0.2) is 15.8 Å². The summed E-state index contributed by atoms with van der Waals surface area (Å²) in [6, 6.07) is 11.0. The van der Waals surface area contributed by atoms with E-state index in [2.05, 4.69) is 9.97 Å². The maximum Gasteiger partial charge on any atom is 0.159 e. The molecule has 0 amide bonds. The Morgan fingerprint density at radius 2 is 1.76 bits per heavy atom. The summed E-state index contributed by atoms with van der Waals surface area (Å²) in [6.45, 7) is 1.49. The van der Waals surface area contributed by atoms with Crippen LogP contribution in [0.5, 0.6) is 0 Å². The van der Waals surface area contributed by atoms with E-state index in [-0.39, 0.29) is 16.8 Å². The highest BCUT2D eigenvalue weighted by molar-refractivity contribution is 6.32. The van der Waals surface area contributed by atoms with Crippen LogP contribution >= 0.6 is 11.6 Å². The first-order valence-electron chi connectivity index (χ1n) is 6.29. The summed E-state index contributed by atoms with van der Waals surface area (Å²) in [5.41, 5.74) is 2.91. The van der Waals surface area contributed by atoms with Crippen LogP contribution < -0.4 is 0 Å². The first-order chi connectivity index (χ1) is 10.0. The minimum atomic E-state index is -0.324. The Balaban J connectivity index is 2.17. The van der Waals surface area contributed by atoms with Crippen molar-refractivity contribution in [1.82, 2.24) is 9.97 Å². The predicted octanol–water partition coefficient (Wildman–Crippen LogP) is 4.29. The van der Waals surface area contributed by atoms with Crippen LogP contribution in [0.25, 0.3) is 22.3 Å². The number of Topliss-reactive ketones (excluding diaryl/α,β-unsaturated/α-hetero) is 1. The largest absolute Gasteiger partial charge is 0.295 e.